The van der Waals surface area contributed by atoms with Gasteiger partial charge in [-0.15, -0.1) is 0 Å². The molecule has 4 rings (SSSR count). The van der Waals surface area contributed by atoms with Gasteiger partial charge in [0.25, 0.3) is 10.0 Å². The molecule has 1 fully saturated rings. The van der Waals surface area contributed by atoms with Crippen molar-refractivity contribution in [2.45, 2.75) is 35.5 Å². The van der Waals surface area contributed by atoms with Gasteiger partial charge in [0, 0.05) is 19.6 Å². The van der Waals surface area contributed by atoms with Crippen molar-refractivity contribution in [2.24, 2.45) is 0 Å². The molecular formula is C19H19F3N2O4S2. The van der Waals surface area contributed by atoms with Crippen LogP contribution >= 0.6 is 0 Å². The highest BCUT2D eigenvalue weighted by molar-refractivity contribution is 7.92. The molecule has 0 spiro atoms. The number of piperidine rings is 1. The first-order valence-corrected chi connectivity index (χ1v) is 12.3. The molecule has 0 aliphatic carbocycles. The van der Waals surface area contributed by atoms with Crippen molar-refractivity contribution in [2.75, 3.05) is 23.9 Å². The van der Waals surface area contributed by atoms with Gasteiger partial charge in [-0.3, -0.25) is 4.31 Å². The van der Waals surface area contributed by atoms with E-state index >= 15 is 0 Å². The number of hydrogen-bond donors (Lipinski definition) is 0. The molecule has 30 heavy (non-hydrogen) atoms. The van der Waals surface area contributed by atoms with Gasteiger partial charge in [-0.1, -0.05) is 6.42 Å². The highest BCUT2D eigenvalue weighted by Gasteiger charge is 2.35. The average molecular weight is 460 g/mol. The Hall–Kier alpha value is -2.11. The quantitative estimate of drug-likeness (QED) is 0.658. The van der Waals surface area contributed by atoms with Crippen LogP contribution in [-0.4, -0.2) is 40.8 Å². The summed E-state index contributed by atoms with van der Waals surface area (Å²) in [5, 5.41) is 0. The molecule has 0 amide bonds. The van der Waals surface area contributed by atoms with Crippen molar-refractivity contribution in [1.82, 2.24) is 4.31 Å². The number of benzene rings is 2. The van der Waals surface area contributed by atoms with Gasteiger partial charge in [-0.25, -0.2) is 30.0 Å². The maximum atomic E-state index is 14.1. The van der Waals surface area contributed by atoms with Crippen molar-refractivity contribution < 1.29 is 30.0 Å². The van der Waals surface area contributed by atoms with E-state index in [9.17, 15) is 30.0 Å². The zero-order chi connectivity index (χ0) is 21.7. The number of rotatable bonds is 4. The molecule has 0 radical (unpaired) electrons. The Morgan fingerprint density at radius 3 is 2.17 bits per heavy atom. The molecule has 6 nitrogen and oxygen atoms in total. The molecule has 0 aromatic heterocycles. The normalized spacial score (nSPS) is 17.9. The fraction of sp³-hybridized carbons (Fsp3) is 0.368. The van der Waals surface area contributed by atoms with Gasteiger partial charge in [-0.2, -0.15) is 4.31 Å². The van der Waals surface area contributed by atoms with Crippen LogP contribution in [0, 0.1) is 17.5 Å². The van der Waals surface area contributed by atoms with E-state index in [1.54, 1.807) is 0 Å². The molecule has 2 aromatic carbocycles. The zero-order valence-electron chi connectivity index (χ0n) is 15.8. The van der Waals surface area contributed by atoms with Gasteiger partial charge < -0.3 is 0 Å². The topological polar surface area (TPSA) is 74.8 Å². The van der Waals surface area contributed by atoms with Crippen molar-refractivity contribution in [3.05, 3.63) is 53.3 Å². The summed E-state index contributed by atoms with van der Waals surface area (Å²) in [6, 6.07) is 5.33. The maximum Gasteiger partial charge on any atom is 0.267 e. The van der Waals surface area contributed by atoms with E-state index in [2.05, 4.69) is 0 Å². The molecule has 0 saturated carbocycles. The summed E-state index contributed by atoms with van der Waals surface area (Å²) in [6.45, 7) is 0.813. The van der Waals surface area contributed by atoms with E-state index in [1.165, 1.54) is 22.5 Å². The Kier molecular flexibility index (Phi) is 5.31. The summed E-state index contributed by atoms with van der Waals surface area (Å²) in [4.78, 5) is -0.902. The molecule has 0 unspecified atom stereocenters. The molecule has 1 saturated heterocycles. The number of anilines is 1. The predicted octanol–water partition coefficient (Wildman–Crippen LogP) is 3.03. The van der Waals surface area contributed by atoms with Crippen LogP contribution < -0.4 is 4.31 Å². The lowest BCUT2D eigenvalue weighted by Crippen LogP contribution is -2.35. The van der Waals surface area contributed by atoms with Crippen LogP contribution in [-0.2, 0) is 26.5 Å². The lowest BCUT2D eigenvalue weighted by atomic mass is 10.2. The number of nitrogens with zero attached hydrogens (tertiary/aromatic N) is 2. The Morgan fingerprint density at radius 1 is 0.767 bits per heavy atom. The predicted molar refractivity (Wildman–Crippen MR) is 104 cm³/mol. The maximum absolute atomic E-state index is 14.1. The van der Waals surface area contributed by atoms with Crippen molar-refractivity contribution in [3.63, 3.8) is 0 Å². The number of fused-ring (bicyclic) bond motifs is 1. The third-order valence-electron chi connectivity index (χ3n) is 5.42. The number of sulfonamides is 2. The lowest BCUT2D eigenvalue weighted by Gasteiger charge is -2.26. The van der Waals surface area contributed by atoms with Crippen LogP contribution in [0.2, 0.25) is 0 Å². The summed E-state index contributed by atoms with van der Waals surface area (Å²) >= 11 is 0. The number of hydrogen-bond acceptors (Lipinski definition) is 4. The van der Waals surface area contributed by atoms with E-state index in [0.29, 0.717) is 30.8 Å². The molecule has 0 N–H and O–H groups in total. The van der Waals surface area contributed by atoms with Crippen molar-refractivity contribution in [1.29, 1.82) is 0 Å². The van der Waals surface area contributed by atoms with Gasteiger partial charge in [0.15, 0.2) is 17.5 Å². The molecule has 0 bridgehead atoms. The minimum atomic E-state index is -4.50. The SMILES string of the molecule is O=S(=O)(c1ccc2c(c1)CCN2S(=O)(=O)c1ccc(F)c(F)c1F)N1CCCCC1. The average Bonchev–Trinajstić information content (AvgIpc) is 3.16. The zero-order valence-corrected chi connectivity index (χ0v) is 17.4. The first-order chi connectivity index (χ1) is 14.1. The van der Waals surface area contributed by atoms with Gasteiger partial charge >= 0.3 is 0 Å². The molecular weight excluding hydrogens is 441 g/mol. The van der Waals surface area contributed by atoms with Gasteiger partial charge in [0.1, 0.15) is 4.90 Å². The van der Waals surface area contributed by atoms with E-state index in [0.717, 1.165) is 23.6 Å². The van der Waals surface area contributed by atoms with Crippen LogP contribution in [0.15, 0.2) is 40.1 Å². The van der Waals surface area contributed by atoms with Crippen LogP contribution in [0.3, 0.4) is 0 Å². The Labute approximate surface area is 173 Å². The van der Waals surface area contributed by atoms with E-state index in [1.807, 2.05) is 0 Å². The van der Waals surface area contributed by atoms with Crippen LogP contribution in [0.25, 0.3) is 0 Å². The van der Waals surface area contributed by atoms with Crippen LogP contribution in [0.1, 0.15) is 24.8 Å². The highest BCUT2D eigenvalue weighted by atomic mass is 32.2. The first-order valence-electron chi connectivity index (χ1n) is 9.43. The highest BCUT2D eigenvalue weighted by Crippen LogP contribution is 2.36. The lowest BCUT2D eigenvalue weighted by molar-refractivity contribution is 0.346. The van der Waals surface area contributed by atoms with Crippen LogP contribution in [0.4, 0.5) is 18.9 Å². The van der Waals surface area contributed by atoms with Crippen LogP contribution in [0.5, 0.6) is 0 Å². The first kappa shape index (κ1) is 21.1. The van der Waals surface area contributed by atoms with E-state index in [4.69, 9.17) is 0 Å². The summed E-state index contributed by atoms with van der Waals surface area (Å²) in [7, 11) is -8.19. The standard InChI is InChI=1S/C19H19F3N2O4S2/c20-15-5-7-17(19(22)18(15)21)30(27,28)24-11-8-13-12-14(4-6-16(13)24)29(25,26)23-9-2-1-3-10-23/h4-7,12H,1-3,8-11H2. The second-order valence-electron chi connectivity index (χ2n) is 7.26. The molecule has 0 atom stereocenters. The monoisotopic (exact) mass is 460 g/mol. The van der Waals surface area contributed by atoms with Gasteiger partial charge in [0.05, 0.1) is 10.6 Å². The van der Waals surface area contributed by atoms with E-state index < -0.39 is 42.4 Å². The minimum Gasteiger partial charge on any atom is -0.266 e. The summed E-state index contributed by atoms with van der Waals surface area (Å²) in [5.74, 6) is -5.13. The Balaban J connectivity index is 1.70. The van der Waals surface area contributed by atoms with Gasteiger partial charge in [0.2, 0.25) is 10.0 Å². The smallest absolute Gasteiger partial charge is 0.266 e. The van der Waals surface area contributed by atoms with E-state index in [-0.39, 0.29) is 23.5 Å². The number of halogens is 3. The molecule has 2 aromatic rings. The molecule has 2 aliphatic rings. The molecule has 2 aliphatic heterocycles. The largest absolute Gasteiger partial charge is 0.267 e. The molecule has 162 valence electrons. The second-order valence-corrected chi connectivity index (χ2v) is 11.0. The summed E-state index contributed by atoms with van der Waals surface area (Å²) < 4.78 is 94.7. The minimum absolute atomic E-state index is 0.0662. The summed E-state index contributed by atoms with van der Waals surface area (Å²) in [5.41, 5.74) is 0.663. The molecule has 11 heteroatoms. The second kappa shape index (κ2) is 7.54. The van der Waals surface area contributed by atoms with Crippen molar-refractivity contribution in [3.8, 4) is 0 Å². The Bertz CT molecular complexity index is 1210. The summed E-state index contributed by atoms with van der Waals surface area (Å²) in [6.07, 6.45) is 2.76. The molecule has 2 heterocycles. The fourth-order valence-corrected chi connectivity index (χ4v) is 6.97. The third-order valence-corrected chi connectivity index (χ3v) is 9.15. The van der Waals surface area contributed by atoms with Gasteiger partial charge in [-0.05, 0) is 55.2 Å². The Morgan fingerprint density at radius 2 is 1.47 bits per heavy atom. The fourth-order valence-electron chi connectivity index (χ4n) is 3.84. The third kappa shape index (κ3) is 3.38. The van der Waals surface area contributed by atoms with Crippen molar-refractivity contribution >= 4 is 25.7 Å².